The van der Waals surface area contributed by atoms with Gasteiger partial charge >= 0.3 is 24.1 Å². The van der Waals surface area contributed by atoms with Crippen LogP contribution in [0.4, 0.5) is 9.59 Å². The topological polar surface area (TPSA) is 129 Å². The van der Waals surface area contributed by atoms with Crippen molar-refractivity contribution in [3.8, 4) is 0 Å². The molecule has 0 heterocycles. The Morgan fingerprint density at radius 2 is 1.00 bits per heavy atom. The van der Waals surface area contributed by atoms with Gasteiger partial charge in [0.15, 0.2) is 0 Å². The van der Waals surface area contributed by atoms with E-state index in [4.69, 9.17) is 18.9 Å². The van der Waals surface area contributed by atoms with Gasteiger partial charge in [0, 0.05) is 12.1 Å². The molecule has 0 bridgehead atoms. The van der Waals surface area contributed by atoms with E-state index in [0.717, 1.165) is 11.1 Å². The second kappa shape index (κ2) is 14.6. The monoisotopic (exact) mass is 526 g/mol. The first-order valence-electron chi connectivity index (χ1n) is 12.7. The van der Waals surface area contributed by atoms with Crippen molar-refractivity contribution >= 4 is 24.1 Å². The van der Waals surface area contributed by atoms with E-state index >= 15 is 0 Å². The van der Waals surface area contributed by atoms with Crippen LogP contribution < -0.4 is 10.6 Å². The average Bonchev–Trinajstić information content (AvgIpc) is 3.85. The summed E-state index contributed by atoms with van der Waals surface area (Å²) in [5, 5.41) is 5.30. The van der Waals surface area contributed by atoms with Gasteiger partial charge in [-0.25, -0.2) is 9.59 Å². The van der Waals surface area contributed by atoms with Gasteiger partial charge in [-0.1, -0.05) is 60.7 Å². The molecule has 2 amide bonds. The number of rotatable bonds is 10. The Morgan fingerprint density at radius 3 is 1.34 bits per heavy atom. The molecule has 4 rings (SSSR count). The van der Waals surface area contributed by atoms with Gasteiger partial charge in [-0.05, 0) is 37.8 Å². The molecule has 38 heavy (non-hydrogen) atoms. The quantitative estimate of drug-likeness (QED) is 0.354. The molecule has 0 aromatic heterocycles. The van der Waals surface area contributed by atoms with Crippen molar-refractivity contribution in [2.24, 2.45) is 11.8 Å². The molecule has 0 spiro atoms. The zero-order valence-corrected chi connectivity index (χ0v) is 21.6. The minimum Gasteiger partial charge on any atom is -0.466 e. The number of amides is 2. The van der Waals surface area contributed by atoms with Crippen molar-refractivity contribution in [1.29, 1.82) is 0 Å². The molecule has 4 atom stereocenters. The third-order valence-corrected chi connectivity index (χ3v) is 5.79. The summed E-state index contributed by atoms with van der Waals surface area (Å²) in [7, 11) is 0. The van der Waals surface area contributed by atoms with Crippen molar-refractivity contribution in [3.63, 3.8) is 0 Å². The van der Waals surface area contributed by atoms with E-state index in [0.29, 0.717) is 26.1 Å². The lowest BCUT2D eigenvalue weighted by Crippen LogP contribution is -2.29. The highest BCUT2D eigenvalue weighted by Gasteiger charge is 2.46. The van der Waals surface area contributed by atoms with Crippen LogP contribution in [0.3, 0.4) is 0 Å². The van der Waals surface area contributed by atoms with Gasteiger partial charge in [-0.2, -0.15) is 0 Å². The van der Waals surface area contributed by atoms with E-state index in [9.17, 15) is 19.2 Å². The highest BCUT2D eigenvalue weighted by atomic mass is 16.6. The predicted molar refractivity (Wildman–Crippen MR) is 137 cm³/mol. The highest BCUT2D eigenvalue weighted by Crippen LogP contribution is 2.32. The first-order valence-corrected chi connectivity index (χ1v) is 12.7. The molecule has 2 fully saturated rings. The van der Waals surface area contributed by atoms with Crippen LogP contribution in [0.15, 0.2) is 60.7 Å². The predicted octanol–water partition coefficient (Wildman–Crippen LogP) is 3.73. The second-order valence-electron chi connectivity index (χ2n) is 8.81. The van der Waals surface area contributed by atoms with Crippen LogP contribution in [-0.2, 0) is 41.8 Å². The lowest BCUT2D eigenvalue weighted by molar-refractivity contribution is -0.145. The average molecular weight is 527 g/mol. The number of alkyl carbamates (subject to hydrolysis) is 2. The summed E-state index contributed by atoms with van der Waals surface area (Å²) in [5.41, 5.74) is 1.85. The third-order valence-electron chi connectivity index (χ3n) is 5.79. The summed E-state index contributed by atoms with van der Waals surface area (Å²) in [5.74, 6) is -0.944. The SMILES string of the molecule is CCOC(=O)[C@@H]1C[C@@H]1NC(=O)OCc1ccccc1.CCOC(=O)[C@H]1C[C@H]1NC(=O)OCc1ccccc1. The number of hydrogen-bond acceptors (Lipinski definition) is 8. The van der Waals surface area contributed by atoms with Crippen LogP contribution in [0, 0.1) is 11.8 Å². The standard InChI is InChI=1S/2C14H17NO4/c2*1-2-18-13(16)11-8-12(11)15-14(17)19-9-10-6-4-3-5-7-10/h2*3-7,11-12H,2,8-9H2,1H3,(H,15,17)/t2*11-,12+/m10/s1. The Kier molecular flexibility index (Phi) is 11.0. The van der Waals surface area contributed by atoms with Crippen LogP contribution in [0.25, 0.3) is 0 Å². The zero-order valence-electron chi connectivity index (χ0n) is 21.6. The lowest BCUT2D eigenvalue weighted by atomic mass is 10.2. The van der Waals surface area contributed by atoms with Crippen molar-refractivity contribution in [2.45, 2.75) is 52.0 Å². The molecule has 2 aromatic carbocycles. The molecule has 0 unspecified atom stereocenters. The number of carbonyl (C=O) groups is 4. The zero-order chi connectivity index (χ0) is 27.3. The third kappa shape index (κ3) is 9.76. The highest BCUT2D eigenvalue weighted by molar-refractivity contribution is 5.79. The summed E-state index contributed by atoms with van der Waals surface area (Å²) in [6, 6.07) is 18.6. The summed E-state index contributed by atoms with van der Waals surface area (Å²) in [4.78, 5) is 45.7. The van der Waals surface area contributed by atoms with Gasteiger partial charge in [0.25, 0.3) is 0 Å². The van der Waals surface area contributed by atoms with Gasteiger partial charge < -0.3 is 29.6 Å². The number of benzene rings is 2. The lowest BCUT2D eigenvalue weighted by Gasteiger charge is -2.06. The maximum atomic E-state index is 11.5. The van der Waals surface area contributed by atoms with Gasteiger partial charge in [-0.15, -0.1) is 0 Å². The van der Waals surface area contributed by atoms with Gasteiger partial charge in [0.2, 0.25) is 0 Å². The fraction of sp³-hybridized carbons (Fsp3) is 0.429. The Bertz CT molecular complexity index is 978. The Labute approximate surface area is 222 Å². The Morgan fingerprint density at radius 1 is 0.632 bits per heavy atom. The summed E-state index contributed by atoms with van der Waals surface area (Å²) >= 11 is 0. The number of nitrogens with one attached hydrogen (secondary N) is 2. The van der Waals surface area contributed by atoms with E-state index in [2.05, 4.69) is 10.6 Å². The molecule has 2 aliphatic carbocycles. The van der Waals surface area contributed by atoms with Crippen molar-refractivity contribution in [1.82, 2.24) is 10.6 Å². The van der Waals surface area contributed by atoms with Crippen LogP contribution in [-0.4, -0.2) is 49.4 Å². The molecule has 2 saturated carbocycles. The molecule has 204 valence electrons. The molecule has 10 heteroatoms. The number of esters is 2. The summed E-state index contributed by atoms with van der Waals surface area (Å²) in [6.45, 7) is 4.70. The fourth-order valence-electron chi connectivity index (χ4n) is 3.56. The van der Waals surface area contributed by atoms with Crippen molar-refractivity contribution in [3.05, 3.63) is 71.8 Å². The first kappa shape index (κ1) is 28.5. The van der Waals surface area contributed by atoms with E-state index in [1.165, 1.54) is 0 Å². The molecule has 10 nitrogen and oxygen atoms in total. The molecule has 2 aliphatic rings. The Balaban J connectivity index is 0.000000211. The smallest absolute Gasteiger partial charge is 0.407 e. The second-order valence-corrected chi connectivity index (χ2v) is 8.81. The molecule has 2 N–H and O–H groups in total. The normalized spacial score (nSPS) is 20.5. The molecule has 2 aromatic rings. The molecular weight excluding hydrogens is 492 g/mol. The number of hydrogen-bond donors (Lipinski definition) is 2. The van der Waals surface area contributed by atoms with E-state index in [-0.39, 0.29) is 49.1 Å². The maximum Gasteiger partial charge on any atom is 0.407 e. The number of ether oxygens (including phenoxy) is 4. The maximum absolute atomic E-state index is 11.5. The van der Waals surface area contributed by atoms with Crippen molar-refractivity contribution in [2.75, 3.05) is 13.2 Å². The fourth-order valence-corrected chi connectivity index (χ4v) is 3.56. The largest absolute Gasteiger partial charge is 0.466 e. The molecular formula is C28H34N2O8. The minimum absolute atomic E-state index is 0.151. The van der Waals surface area contributed by atoms with Crippen LogP contribution in [0.2, 0.25) is 0 Å². The van der Waals surface area contributed by atoms with Crippen LogP contribution >= 0.6 is 0 Å². The van der Waals surface area contributed by atoms with Crippen molar-refractivity contribution < 1.29 is 38.1 Å². The summed E-state index contributed by atoms with van der Waals surface area (Å²) < 4.78 is 19.9. The summed E-state index contributed by atoms with van der Waals surface area (Å²) in [6.07, 6.45) is 0.250. The van der Waals surface area contributed by atoms with Crippen LogP contribution in [0.1, 0.15) is 37.8 Å². The van der Waals surface area contributed by atoms with Gasteiger partial charge in [0.05, 0.1) is 25.0 Å². The van der Waals surface area contributed by atoms with Crippen LogP contribution in [0.5, 0.6) is 0 Å². The number of carbonyl (C=O) groups excluding carboxylic acids is 4. The molecule has 0 aliphatic heterocycles. The van der Waals surface area contributed by atoms with E-state index in [1.54, 1.807) is 13.8 Å². The molecule has 0 saturated heterocycles. The van der Waals surface area contributed by atoms with E-state index < -0.39 is 12.2 Å². The first-order chi connectivity index (χ1) is 18.4. The Hall–Kier alpha value is -4.08. The van der Waals surface area contributed by atoms with E-state index in [1.807, 2.05) is 60.7 Å². The minimum atomic E-state index is -0.499. The van der Waals surface area contributed by atoms with Gasteiger partial charge in [0.1, 0.15) is 13.2 Å². The molecule has 0 radical (unpaired) electrons. The van der Waals surface area contributed by atoms with Gasteiger partial charge in [-0.3, -0.25) is 9.59 Å².